The van der Waals surface area contributed by atoms with Crippen molar-refractivity contribution in [2.45, 2.75) is 26.1 Å². The Kier molecular flexibility index (Phi) is 5.37. The van der Waals surface area contributed by atoms with Gasteiger partial charge in [-0.3, -0.25) is 9.20 Å². The van der Waals surface area contributed by atoms with Crippen LogP contribution in [0.25, 0.3) is 16.6 Å². The van der Waals surface area contributed by atoms with Crippen LogP contribution in [0.15, 0.2) is 48.7 Å². The fraction of sp³-hybridized carbons (Fsp3) is 0.346. The van der Waals surface area contributed by atoms with E-state index in [2.05, 4.69) is 15.3 Å². The van der Waals surface area contributed by atoms with Gasteiger partial charge in [-0.15, -0.1) is 0 Å². The van der Waals surface area contributed by atoms with Gasteiger partial charge in [-0.2, -0.15) is 13.2 Å². The van der Waals surface area contributed by atoms with E-state index in [1.54, 1.807) is 22.7 Å². The molecule has 1 saturated carbocycles. The molecule has 10 heteroatoms. The lowest BCUT2D eigenvalue weighted by molar-refractivity contribution is -0.154. The molecule has 1 saturated heterocycles. The molecule has 36 heavy (non-hydrogen) atoms. The molecule has 1 amide bonds. The zero-order valence-electron chi connectivity index (χ0n) is 19.4. The van der Waals surface area contributed by atoms with Crippen molar-refractivity contribution in [1.82, 2.24) is 19.7 Å². The number of piperidine rings is 1. The molecule has 0 radical (unpaired) electrons. The molecule has 2 aliphatic rings. The Labute approximate surface area is 210 Å². The average molecular weight is 514 g/mol. The number of nitrogens with zero attached hydrogens (tertiary/aromatic N) is 4. The van der Waals surface area contributed by atoms with E-state index in [4.69, 9.17) is 11.6 Å². The zero-order chi connectivity index (χ0) is 25.2. The predicted octanol–water partition coefficient (Wildman–Crippen LogP) is 5.27. The fourth-order valence-electron chi connectivity index (χ4n) is 5.47. The number of carbonyl (C=O) groups is 1. The normalized spacial score (nSPS) is 21.2. The average Bonchev–Trinajstić information content (AvgIpc) is 3.20. The first-order valence-corrected chi connectivity index (χ1v) is 12.3. The molecule has 6 nitrogen and oxygen atoms in total. The van der Waals surface area contributed by atoms with Crippen molar-refractivity contribution in [2.24, 2.45) is 17.8 Å². The maximum absolute atomic E-state index is 13.1. The first-order valence-electron chi connectivity index (χ1n) is 11.9. The second-order valence-electron chi connectivity index (χ2n) is 9.52. The third-order valence-corrected chi connectivity index (χ3v) is 7.52. The first kappa shape index (κ1) is 23.1. The van der Waals surface area contributed by atoms with Crippen LogP contribution >= 0.6 is 11.6 Å². The molecule has 6 rings (SSSR count). The number of rotatable bonds is 5. The van der Waals surface area contributed by atoms with E-state index in [9.17, 15) is 18.0 Å². The summed E-state index contributed by atoms with van der Waals surface area (Å²) in [4.78, 5) is 24.2. The summed E-state index contributed by atoms with van der Waals surface area (Å²) in [6.45, 7) is 3.06. The van der Waals surface area contributed by atoms with E-state index in [0.29, 0.717) is 53.9 Å². The SMILES string of the molecule is CCc1nc2ccc(Cl)cn2c1C(=O)NCc1ccc2nc(N3C[C@@H]4[C@H](C3)[C@@H]4C(F)(F)F)ccc2c1. The molecule has 186 valence electrons. The van der Waals surface area contributed by atoms with Gasteiger partial charge in [0.05, 0.1) is 22.2 Å². The minimum atomic E-state index is -4.10. The maximum atomic E-state index is 13.1. The lowest BCUT2D eigenvalue weighted by Crippen LogP contribution is -2.28. The number of anilines is 1. The number of carbonyl (C=O) groups excluding carboxylic acids is 1. The van der Waals surface area contributed by atoms with Crippen LogP contribution in [-0.4, -0.2) is 39.5 Å². The molecule has 1 aliphatic heterocycles. The standard InChI is InChI=1S/C26H23ClF3N5O/c1-2-19-24(35-11-16(27)5-8-22(35)32-19)25(36)31-10-14-3-6-20-15(9-14)4-7-21(33-20)34-12-17-18(13-34)23(17)26(28,29)30/h3-9,11,17-18,23H,2,10,12-13H2,1H3,(H,31,36)/t17-,18+,23-. The monoisotopic (exact) mass is 513 g/mol. The molecular weight excluding hydrogens is 491 g/mol. The van der Waals surface area contributed by atoms with Crippen molar-refractivity contribution in [3.63, 3.8) is 0 Å². The summed E-state index contributed by atoms with van der Waals surface area (Å²) in [5.41, 5.74) is 3.51. The van der Waals surface area contributed by atoms with Gasteiger partial charge in [-0.05, 0) is 60.2 Å². The van der Waals surface area contributed by atoms with Crippen molar-refractivity contribution >= 4 is 39.9 Å². The Morgan fingerprint density at radius 1 is 1.11 bits per heavy atom. The summed E-state index contributed by atoms with van der Waals surface area (Å²) in [7, 11) is 0. The number of fused-ring (bicyclic) bond motifs is 3. The van der Waals surface area contributed by atoms with E-state index in [1.165, 1.54) is 0 Å². The van der Waals surface area contributed by atoms with Crippen molar-refractivity contribution < 1.29 is 18.0 Å². The summed E-state index contributed by atoms with van der Waals surface area (Å²) >= 11 is 6.13. The molecule has 0 unspecified atom stereocenters. The Morgan fingerprint density at radius 2 is 1.89 bits per heavy atom. The molecule has 1 aromatic carbocycles. The van der Waals surface area contributed by atoms with Crippen LogP contribution < -0.4 is 10.2 Å². The number of amides is 1. The smallest absolute Gasteiger partial charge is 0.356 e. The molecule has 4 aromatic rings. The van der Waals surface area contributed by atoms with Gasteiger partial charge in [0, 0.05) is 31.2 Å². The number of hydrogen-bond acceptors (Lipinski definition) is 4. The number of pyridine rings is 2. The quantitative estimate of drug-likeness (QED) is 0.395. The lowest BCUT2D eigenvalue weighted by atomic mass is 10.1. The van der Waals surface area contributed by atoms with E-state index >= 15 is 0 Å². The van der Waals surface area contributed by atoms with Gasteiger partial charge in [0.2, 0.25) is 0 Å². The van der Waals surface area contributed by atoms with E-state index in [0.717, 1.165) is 16.5 Å². The van der Waals surface area contributed by atoms with E-state index in [-0.39, 0.29) is 17.7 Å². The summed E-state index contributed by atoms with van der Waals surface area (Å²) in [5.74, 6) is -1.32. The Balaban J connectivity index is 1.15. The van der Waals surface area contributed by atoms with Crippen LogP contribution in [0.1, 0.15) is 28.7 Å². The number of halogens is 4. The highest BCUT2D eigenvalue weighted by atomic mass is 35.5. The number of aromatic nitrogens is 3. The van der Waals surface area contributed by atoms with Crippen LogP contribution in [0.3, 0.4) is 0 Å². The largest absolute Gasteiger partial charge is 0.392 e. The van der Waals surface area contributed by atoms with Crippen molar-refractivity contribution in [3.8, 4) is 0 Å². The maximum Gasteiger partial charge on any atom is 0.392 e. The first-order chi connectivity index (χ1) is 17.2. The number of benzene rings is 1. The second-order valence-corrected chi connectivity index (χ2v) is 9.95. The van der Waals surface area contributed by atoms with Gasteiger partial charge in [-0.25, -0.2) is 9.97 Å². The van der Waals surface area contributed by atoms with Crippen LogP contribution in [0.2, 0.25) is 5.02 Å². The molecule has 4 heterocycles. The van der Waals surface area contributed by atoms with Crippen molar-refractivity contribution in [1.29, 1.82) is 0 Å². The minimum Gasteiger partial charge on any atom is -0.356 e. The zero-order valence-corrected chi connectivity index (χ0v) is 20.1. The van der Waals surface area contributed by atoms with Gasteiger partial charge < -0.3 is 10.2 Å². The lowest BCUT2D eigenvalue weighted by Gasteiger charge is -2.22. The van der Waals surface area contributed by atoms with Crippen LogP contribution in [-0.2, 0) is 13.0 Å². The molecule has 2 fully saturated rings. The Bertz CT molecular complexity index is 1490. The number of aryl methyl sites for hydroxylation is 1. The van der Waals surface area contributed by atoms with E-state index in [1.807, 2.05) is 42.2 Å². The summed E-state index contributed by atoms with van der Waals surface area (Å²) in [6, 6.07) is 13.0. The molecule has 1 N–H and O–H groups in total. The highest BCUT2D eigenvalue weighted by Crippen LogP contribution is 2.59. The summed E-state index contributed by atoms with van der Waals surface area (Å²) < 4.78 is 40.7. The number of hydrogen-bond donors (Lipinski definition) is 1. The second kappa shape index (κ2) is 8.37. The van der Waals surface area contributed by atoms with E-state index < -0.39 is 12.1 Å². The molecular formula is C26H23ClF3N5O. The molecule has 1 aliphatic carbocycles. The summed E-state index contributed by atoms with van der Waals surface area (Å²) in [6.07, 6.45) is -1.80. The van der Waals surface area contributed by atoms with Crippen molar-refractivity contribution in [3.05, 3.63) is 70.6 Å². The molecule has 3 atom stereocenters. The van der Waals surface area contributed by atoms with Gasteiger partial charge in [0.1, 0.15) is 17.2 Å². The highest BCUT2D eigenvalue weighted by Gasteiger charge is 2.67. The molecule has 0 bridgehead atoms. The Hall–Kier alpha value is -3.33. The molecule has 0 spiro atoms. The van der Waals surface area contributed by atoms with Gasteiger partial charge in [-0.1, -0.05) is 24.6 Å². The van der Waals surface area contributed by atoms with Crippen LogP contribution in [0.5, 0.6) is 0 Å². The number of alkyl halides is 3. The Morgan fingerprint density at radius 3 is 2.61 bits per heavy atom. The third kappa shape index (κ3) is 3.95. The molecule has 3 aromatic heterocycles. The number of imidazole rings is 1. The summed E-state index contributed by atoms with van der Waals surface area (Å²) in [5, 5.41) is 4.39. The fourth-order valence-corrected chi connectivity index (χ4v) is 5.63. The third-order valence-electron chi connectivity index (χ3n) is 7.29. The van der Waals surface area contributed by atoms with Gasteiger partial charge >= 0.3 is 6.18 Å². The van der Waals surface area contributed by atoms with Crippen LogP contribution in [0, 0.1) is 17.8 Å². The predicted molar refractivity (Wildman–Crippen MR) is 131 cm³/mol. The van der Waals surface area contributed by atoms with Gasteiger partial charge in [0.25, 0.3) is 5.91 Å². The minimum absolute atomic E-state index is 0.236. The highest BCUT2D eigenvalue weighted by molar-refractivity contribution is 6.30. The van der Waals surface area contributed by atoms with Gasteiger partial charge in [0.15, 0.2) is 0 Å². The van der Waals surface area contributed by atoms with Crippen molar-refractivity contribution in [2.75, 3.05) is 18.0 Å². The van der Waals surface area contributed by atoms with Crippen LogP contribution in [0.4, 0.5) is 19.0 Å². The number of nitrogens with one attached hydrogen (secondary N) is 1. The topological polar surface area (TPSA) is 62.5 Å².